The summed E-state index contributed by atoms with van der Waals surface area (Å²) in [6.45, 7) is 5.17. The predicted octanol–water partition coefficient (Wildman–Crippen LogP) is 1.90. The zero-order chi connectivity index (χ0) is 14.5. The molecule has 0 heterocycles. The Labute approximate surface area is 111 Å². The molecule has 0 fully saturated rings. The number of hydrogen-bond donors (Lipinski definition) is 2. The van der Waals surface area contributed by atoms with Gasteiger partial charge in [-0.05, 0) is 45.0 Å². The first-order chi connectivity index (χ1) is 8.76. The number of amides is 2. The number of nitrogens with two attached hydrogens (primary N) is 1. The predicted molar refractivity (Wildman–Crippen MR) is 71.0 cm³/mol. The van der Waals surface area contributed by atoms with Gasteiger partial charge in [-0.2, -0.15) is 0 Å². The van der Waals surface area contributed by atoms with Gasteiger partial charge in [0, 0.05) is 5.69 Å². The van der Waals surface area contributed by atoms with Gasteiger partial charge in [-0.1, -0.05) is 0 Å². The van der Waals surface area contributed by atoms with E-state index in [0.29, 0.717) is 11.4 Å². The van der Waals surface area contributed by atoms with Crippen molar-refractivity contribution in [3.05, 3.63) is 24.3 Å². The molecule has 3 N–H and O–H groups in total. The van der Waals surface area contributed by atoms with E-state index in [1.807, 2.05) is 0 Å². The maximum atomic E-state index is 11.5. The third-order valence-electron chi connectivity index (χ3n) is 1.88. The lowest BCUT2D eigenvalue weighted by molar-refractivity contribution is -0.119. The molecule has 1 rings (SSSR count). The van der Waals surface area contributed by atoms with Crippen LogP contribution in [0.2, 0.25) is 0 Å². The Kier molecular flexibility index (Phi) is 4.74. The minimum Gasteiger partial charge on any atom is -0.484 e. The van der Waals surface area contributed by atoms with E-state index in [2.05, 4.69) is 5.32 Å². The average molecular weight is 266 g/mol. The molecule has 1 aromatic carbocycles. The van der Waals surface area contributed by atoms with Crippen LogP contribution in [0.15, 0.2) is 24.3 Å². The molecule has 6 nitrogen and oxygen atoms in total. The molecule has 0 radical (unpaired) electrons. The summed E-state index contributed by atoms with van der Waals surface area (Å²) in [5.74, 6) is -0.0514. The number of benzene rings is 1. The van der Waals surface area contributed by atoms with Crippen LogP contribution in [0.3, 0.4) is 0 Å². The molecule has 0 unspecified atom stereocenters. The van der Waals surface area contributed by atoms with Crippen molar-refractivity contribution >= 4 is 17.7 Å². The fraction of sp³-hybridized carbons (Fsp3) is 0.385. The number of rotatable bonds is 4. The maximum Gasteiger partial charge on any atom is 0.412 e. The van der Waals surface area contributed by atoms with Gasteiger partial charge < -0.3 is 15.2 Å². The number of anilines is 1. The van der Waals surface area contributed by atoms with Crippen LogP contribution in [0.4, 0.5) is 10.5 Å². The van der Waals surface area contributed by atoms with E-state index in [0.717, 1.165) is 0 Å². The van der Waals surface area contributed by atoms with Crippen molar-refractivity contribution in [2.75, 3.05) is 11.9 Å². The van der Waals surface area contributed by atoms with E-state index in [-0.39, 0.29) is 6.61 Å². The fourth-order valence-corrected chi connectivity index (χ4v) is 1.21. The topological polar surface area (TPSA) is 90.7 Å². The van der Waals surface area contributed by atoms with Crippen LogP contribution < -0.4 is 15.8 Å². The summed E-state index contributed by atoms with van der Waals surface area (Å²) in [4.78, 5) is 22.0. The largest absolute Gasteiger partial charge is 0.484 e. The first-order valence-corrected chi connectivity index (χ1v) is 5.77. The Morgan fingerprint density at radius 3 is 2.26 bits per heavy atom. The van der Waals surface area contributed by atoms with Crippen LogP contribution in [0.5, 0.6) is 5.75 Å². The first kappa shape index (κ1) is 14.8. The highest BCUT2D eigenvalue weighted by Gasteiger charge is 2.16. The molecule has 0 aliphatic rings. The molecule has 2 amide bonds. The number of carbonyl (C=O) groups excluding carboxylic acids is 2. The second-order valence-corrected chi connectivity index (χ2v) is 4.91. The van der Waals surface area contributed by atoms with Crippen molar-refractivity contribution in [2.24, 2.45) is 5.73 Å². The van der Waals surface area contributed by atoms with E-state index in [1.165, 1.54) is 0 Å². The number of hydrogen-bond acceptors (Lipinski definition) is 4. The maximum absolute atomic E-state index is 11.5. The summed E-state index contributed by atoms with van der Waals surface area (Å²) in [7, 11) is 0. The molecule has 0 saturated heterocycles. The highest BCUT2D eigenvalue weighted by molar-refractivity contribution is 5.84. The molecule has 0 saturated carbocycles. The van der Waals surface area contributed by atoms with Crippen LogP contribution in [0.25, 0.3) is 0 Å². The summed E-state index contributed by atoms with van der Waals surface area (Å²) in [6, 6.07) is 6.52. The van der Waals surface area contributed by atoms with E-state index in [4.69, 9.17) is 15.2 Å². The summed E-state index contributed by atoms with van der Waals surface area (Å²) in [5.41, 5.74) is 4.98. The van der Waals surface area contributed by atoms with E-state index in [1.54, 1.807) is 45.0 Å². The Hall–Kier alpha value is -2.24. The SMILES string of the molecule is CC(C)(C)OC(=O)Nc1ccc(OCC(N)=O)cc1. The summed E-state index contributed by atoms with van der Waals surface area (Å²) in [6.07, 6.45) is -0.529. The number of nitrogens with one attached hydrogen (secondary N) is 1. The van der Waals surface area contributed by atoms with Crippen LogP contribution in [-0.2, 0) is 9.53 Å². The molecule has 0 bridgehead atoms. The second-order valence-electron chi connectivity index (χ2n) is 4.91. The van der Waals surface area contributed by atoms with Crippen molar-refractivity contribution in [2.45, 2.75) is 26.4 Å². The molecular weight excluding hydrogens is 248 g/mol. The van der Waals surface area contributed by atoms with Crippen molar-refractivity contribution in [1.82, 2.24) is 0 Å². The van der Waals surface area contributed by atoms with E-state index < -0.39 is 17.6 Å². The first-order valence-electron chi connectivity index (χ1n) is 5.77. The third kappa shape index (κ3) is 6.30. The van der Waals surface area contributed by atoms with Crippen molar-refractivity contribution in [1.29, 1.82) is 0 Å². The van der Waals surface area contributed by atoms with Crippen LogP contribution in [0, 0.1) is 0 Å². The van der Waals surface area contributed by atoms with Crippen molar-refractivity contribution in [3.8, 4) is 5.75 Å². The number of primary amides is 1. The van der Waals surface area contributed by atoms with Gasteiger partial charge in [-0.15, -0.1) is 0 Å². The van der Waals surface area contributed by atoms with Gasteiger partial charge in [-0.25, -0.2) is 4.79 Å². The number of ether oxygens (including phenoxy) is 2. The minimum atomic E-state index is -0.547. The average Bonchev–Trinajstić information content (AvgIpc) is 2.25. The third-order valence-corrected chi connectivity index (χ3v) is 1.88. The molecule has 0 aromatic heterocycles. The summed E-state index contributed by atoms with van der Waals surface area (Å²) in [5, 5.41) is 2.58. The Bertz CT molecular complexity index is 449. The molecule has 0 atom stereocenters. The molecule has 104 valence electrons. The van der Waals surface area contributed by atoms with Gasteiger partial charge in [0.1, 0.15) is 11.4 Å². The lowest BCUT2D eigenvalue weighted by Gasteiger charge is -2.19. The number of carbonyl (C=O) groups is 2. The van der Waals surface area contributed by atoms with E-state index in [9.17, 15) is 9.59 Å². The highest BCUT2D eigenvalue weighted by Crippen LogP contribution is 2.16. The summed E-state index contributed by atoms with van der Waals surface area (Å²) < 4.78 is 10.2. The lowest BCUT2D eigenvalue weighted by Crippen LogP contribution is -2.27. The molecule has 19 heavy (non-hydrogen) atoms. The standard InChI is InChI=1S/C13H18N2O4/c1-13(2,3)19-12(17)15-9-4-6-10(7-5-9)18-8-11(14)16/h4-7H,8H2,1-3H3,(H2,14,16)(H,15,17). The van der Waals surface area contributed by atoms with Crippen molar-refractivity contribution in [3.63, 3.8) is 0 Å². The molecule has 0 spiro atoms. The van der Waals surface area contributed by atoms with Crippen LogP contribution in [-0.4, -0.2) is 24.2 Å². The zero-order valence-corrected chi connectivity index (χ0v) is 11.2. The quantitative estimate of drug-likeness (QED) is 0.870. The molecule has 6 heteroatoms. The van der Waals surface area contributed by atoms with Gasteiger partial charge in [-0.3, -0.25) is 10.1 Å². The molecular formula is C13H18N2O4. The smallest absolute Gasteiger partial charge is 0.412 e. The monoisotopic (exact) mass is 266 g/mol. The highest BCUT2D eigenvalue weighted by atomic mass is 16.6. The van der Waals surface area contributed by atoms with Crippen molar-refractivity contribution < 1.29 is 19.1 Å². The van der Waals surface area contributed by atoms with E-state index >= 15 is 0 Å². The van der Waals surface area contributed by atoms with Crippen LogP contribution in [0.1, 0.15) is 20.8 Å². The van der Waals surface area contributed by atoms with Gasteiger partial charge >= 0.3 is 6.09 Å². The van der Waals surface area contributed by atoms with Gasteiger partial charge in [0.05, 0.1) is 0 Å². The second kappa shape index (κ2) is 6.08. The normalized spacial score (nSPS) is 10.7. The zero-order valence-electron chi connectivity index (χ0n) is 11.2. The van der Waals surface area contributed by atoms with Gasteiger partial charge in [0.25, 0.3) is 5.91 Å². The van der Waals surface area contributed by atoms with Gasteiger partial charge in [0.15, 0.2) is 6.61 Å². The minimum absolute atomic E-state index is 0.182. The van der Waals surface area contributed by atoms with Gasteiger partial charge in [0.2, 0.25) is 0 Å². The Morgan fingerprint density at radius 1 is 1.21 bits per heavy atom. The molecule has 0 aliphatic carbocycles. The summed E-state index contributed by atoms with van der Waals surface area (Å²) >= 11 is 0. The Morgan fingerprint density at radius 2 is 1.79 bits per heavy atom. The Balaban J connectivity index is 2.52. The lowest BCUT2D eigenvalue weighted by atomic mass is 10.2. The fourth-order valence-electron chi connectivity index (χ4n) is 1.21. The molecule has 1 aromatic rings. The van der Waals surface area contributed by atoms with Crippen LogP contribution >= 0.6 is 0 Å². The molecule has 0 aliphatic heterocycles.